The molecule has 16 heavy (non-hydrogen) atoms. The van der Waals surface area contributed by atoms with Gasteiger partial charge in [0, 0.05) is 0 Å². The quantitative estimate of drug-likeness (QED) is 0.695. The number of carboxylic acids is 1. The predicted molar refractivity (Wildman–Crippen MR) is 65.5 cm³/mol. The first-order chi connectivity index (χ1) is 7.38. The van der Waals surface area contributed by atoms with Crippen LogP contribution in [0.5, 0.6) is 0 Å². The Morgan fingerprint density at radius 3 is 2.19 bits per heavy atom. The molecular weight excluding hydrogens is 204 g/mol. The molecule has 0 saturated heterocycles. The molecule has 1 N–H and O–H groups in total. The number of aliphatic carboxylic acids is 1. The van der Waals surface area contributed by atoms with Crippen molar-refractivity contribution >= 4 is 5.97 Å². The summed E-state index contributed by atoms with van der Waals surface area (Å²) < 4.78 is 5.67. The SMILES string of the molecule is CCC(C)CC(CC)(OCC(C)C)C(=O)O. The Balaban J connectivity index is 4.64. The molecule has 0 amide bonds. The fraction of sp³-hybridized carbons (Fsp3) is 0.923. The molecule has 0 saturated carbocycles. The molecule has 96 valence electrons. The van der Waals surface area contributed by atoms with Gasteiger partial charge in [-0.05, 0) is 24.7 Å². The van der Waals surface area contributed by atoms with E-state index in [0.29, 0.717) is 31.3 Å². The Hall–Kier alpha value is -0.570. The highest BCUT2D eigenvalue weighted by Gasteiger charge is 2.38. The molecule has 0 aromatic carbocycles. The summed E-state index contributed by atoms with van der Waals surface area (Å²) in [6, 6.07) is 0. The lowest BCUT2D eigenvalue weighted by atomic mass is 9.87. The Kier molecular flexibility index (Phi) is 6.65. The maximum Gasteiger partial charge on any atom is 0.335 e. The lowest BCUT2D eigenvalue weighted by molar-refractivity contribution is -0.171. The Morgan fingerprint density at radius 1 is 1.31 bits per heavy atom. The Bertz CT molecular complexity index is 213. The van der Waals surface area contributed by atoms with Crippen molar-refractivity contribution in [3.63, 3.8) is 0 Å². The highest BCUT2D eigenvalue weighted by molar-refractivity contribution is 5.77. The van der Waals surface area contributed by atoms with Crippen LogP contribution in [0.25, 0.3) is 0 Å². The first-order valence-electron chi connectivity index (χ1n) is 6.25. The summed E-state index contributed by atoms with van der Waals surface area (Å²) in [6.45, 7) is 10.6. The summed E-state index contributed by atoms with van der Waals surface area (Å²) in [5, 5.41) is 9.36. The first-order valence-corrected chi connectivity index (χ1v) is 6.25. The molecule has 3 heteroatoms. The van der Waals surface area contributed by atoms with E-state index in [-0.39, 0.29) is 0 Å². The van der Waals surface area contributed by atoms with E-state index < -0.39 is 11.6 Å². The fourth-order valence-corrected chi connectivity index (χ4v) is 1.64. The molecule has 0 aliphatic rings. The van der Waals surface area contributed by atoms with E-state index in [0.717, 1.165) is 6.42 Å². The van der Waals surface area contributed by atoms with Crippen LogP contribution in [0, 0.1) is 11.8 Å². The van der Waals surface area contributed by atoms with Crippen LogP contribution in [0.2, 0.25) is 0 Å². The molecule has 0 bridgehead atoms. The minimum Gasteiger partial charge on any atom is -0.479 e. The normalized spacial score (nSPS) is 17.1. The second-order valence-electron chi connectivity index (χ2n) is 5.08. The third-order valence-electron chi connectivity index (χ3n) is 3.03. The second kappa shape index (κ2) is 6.89. The predicted octanol–water partition coefficient (Wildman–Crippen LogP) is 3.33. The topological polar surface area (TPSA) is 46.5 Å². The third kappa shape index (κ3) is 4.52. The zero-order valence-corrected chi connectivity index (χ0v) is 11.2. The van der Waals surface area contributed by atoms with Gasteiger partial charge >= 0.3 is 5.97 Å². The van der Waals surface area contributed by atoms with Gasteiger partial charge in [0.15, 0.2) is 5.60 Å². The molecule has 2 atom stereocenters. The van der Waals surface area contributed by atoms with Gasteiger partial charge in [-0.1, -0.05) is 41.0 Å². The van der Waals surface area contributed by atoms with Crippen LogP contribution in [-0.2, 0) is 9.53 Å². The number of carboxylic acid groups (broad SMARTS) is 1. The van der Waals surface area contributed by atoms with E-state index in [9.17, 15) is 9.90 Å². The molecule has 3 nitrogen and oxygen atoms in total. The molecule has 0 spiro atoms. The smallest absolute Gasteiger partial charge is 0.335 e. The van der Waals surface area contributed by atoms with Crippen molar-refractivity contribution in [1.29, 1.82) is 0 Å². The van der Waals surface area contributed by atoms with Gasteiger partial charge in [0.1, 0.15) is 0 Å². The van der Waals surface area contributed by atoms with Crippen molar-refractivity contribution in [1.82, 2.24) is 0 Å². The van der Waals surface area contributed by atoms with Crippen molar-refractivity contribution in [3.05, 3.63) is 0 Å². The van der Waals surface area contributed by atoms with Crippen LogP contribution in [0.15, 0.2) is 0 Å². The van der Waals surface area contributed by atoms with E-state index in [4.69, 9.17) is 4.74 Å². The molecule has 0 radical (unpaired) electrons. The summed E-state index contributed by atoms with van der Waals surface area (Å²) in [7, 11) is 0. The summed E-state index contributed by atoms with van der Waals surface area (Å²) in [5.41, 5.74) is -0.986. The zero-order valence-electron chi connectivity index (χ0n) is 11.2. The molecule has 0 fully saturated rings. The van der Waals surface area contributed by atoms with Crippen LogP contribution in [0.1, 0.15) is 53.9 Å². The molecule has 2 unspecified atom stereocenters. The Morgan fingerprint density at radius 2 is 1.88 bits per heavy atom. The van der Waals surface area contributed by atoms with Gasteiger partial charge in [-0.2, -0.15) is 0 Å². The minimum absolute atomic E-state index is 0.363. The molecule has 0 aromatic rings. The lowest BCUT2D eigenvalue weighted by Gasteiger charge is -2.31. The fourth-order valence-electron chi connectivity index (χ4n) is 1.64. The monoisotopic (exact) mass is 230 g/mol. The average molecular weight is 230 g/mol. The first kappa shape index (κ1) is 15.4. The van der Waals surface area contributed by atoms with Crippen LogP contribution >= 0.6 is 0 Å². The summed E-state index contributed by atoms with van der Waals surface area (Å²) in [5.74, 6) is -0.0821. The van der Waals surface area contributed by atoms with E-state index >= 15 is 0 Å². The van der Waals surface area contributed by atoms with Crippen molar-refractivity contribution in [2.45, 2.75) is 59.5 Å². The van der Waals surface area contributed by atoms with E-state index in [1.165, 1.54) is 0 Å². The van der Waals surface area contributed by atoms with Gasteiger partial charge < -0.3 is 9.84 Å². The van der Waals surface area contributed by atoms with Crippen LogP contribution < -0.4 is 0 Å². The molecule has 0 heterocycles. The number of hydrogen-bond donors (Lipinski definition) is 1. The van der Waals surface area contributed by atoms with Gasteiger partial charge in [-0.25, -0.2) is 4.79 Å². The lowest BCUT2D eigenvalue weighted by Crippen LogP contribution is -2.43. The van der Waals surface area contributed by atoms with Gasteiger partial charge in [-0.3, -0.25) is 0 Å². The highest BCUT2D eigenvalue weighted by Crippen LogP contribution is 2.27. The number of hydrogen-bond acceptors (Lipinski definition) is 2. The van der Waals surface area contributed by atoms with Crippen molar-refractivity contribution in [3.8, 4) is 0 Å². The number of ether oxygens (including phenoxy) is 1. The van der Waals surface area contributed by atoms with Gasteiger partial charge in [-0.15, -0.1) is 0 Å². The molecule has 0 aromatic heterocycles. The molecule has 0 aliphatic heterocycles. The Labute approximate surface area is 99.2 Å². The molecular formula is C13H26O3. The van der Waals surface area contributed by atoms with Gasteiger partial charge in [0.2, 0.25) is 0 Å². The van der Waals surface area contributed by atoms with Crippen molar-refractivity contribution < 1.29 is 14.6 Å². The van der Waals surface area contributed by atoms with Crippen LogP contribution in [0.4, 0.5) is 0 Å². The molecule has 0 rings (SSSR count). The summed E-state index contributed by atoms with van der Waals surface area (Å²) >= 11 is 0. The standard InChI is InChI=1S/C13H26O3/c1-6-11(5)8-13(7-2,12(14)15)16-9-10(3)4/h10-11H,6-9H2,1-5H3,(H,14,15). The summed E-state index contributed by atoms with van der Waals surface area (Å²) in [4.78, 5) is 11.4. The average Bonchev–Trinajstić information content (AvgIpc) is 2.23. The van der Waals surface area contributed by atoms with Gasteiger partial charge in [0.25, 0.3) is 0 Å². The number of rotatable bonds is 8. The second-order valence-corrected chi connectivity index (χ2v) is 5.08. The number of carbonyl (C=O) groups is 1. The highest BCUT2D eigenvalue weighted by atomic mass is 16.5. The minimum atomic E-state index is -0.986. The largest absolute Gasteiger partial charge is 0.479 e. The molecule has 0 aliphatic carbocycles. The van der Waals surface area contributed by atoms with Crippen LogP contribution in [0.3, 0.4) is 0 Å². The summed E-state index contributed by atoms with van der Waals surface area (Å²) in [6.07, 6.45) is 2.11. The van der Waals surface area contributed by atoms with Crippen LogP contribution in [-0.4, -0.2) is 23.3 Å². The van der Waals surface area contributed by atoms with E-state index in [2.05, 4.69) is 13.8 Å². The van der Waals surface area contributed by atoms with E-state index in [1.54, 1.807) is 0 Å². The maximum atomic E-state index is 11.4. The van der Waals surface area contributed by atoms with Crippen molar-refractivity contribution in [2.75, 3.05) is 6.61 Å². The third-order valence-corrected chi connectivity index (χ3v) is 3.03. The van der Waals surface area contributed by atoms with E-state index in [1.807, 2.05) is 20.8 Å². The van der Waals surface area contributed by atoms with Crippen molar-refractivity contribution in [2.24, 2.45) is 11.8 Å². The maximum absolute atomic E-state index is 11.4. The van der Waals surface area contributed by atoms with Gasteiger partial charge in [0.05, 0.1) is 6.61 Å². The zero-order chi connectivity index (χ0) is 12.8.